The molecule has 26 heavy (non-hydrogen) atoms. The zero-order valence-electron chi connectivity index (χ0n) is 13.2. The third kappa shape index (κ3) is 2.88. The molecule has 0 atom stereocenters. The smallest absolute Gasteiger partial charge is 0.262 e. The van der Waals surface area contributed by atoms with Crippen LogP contribution in [0.2, 0.25) is 0 Å². The van der Waals surface area contributed by atoms with E-state index in [0.29, 0.717) is 12.1 Å². The van der Waals surface area contributed by atoms with E-state index in [4.69, 9.17) is 5.73 Å². The van der Waals surface area contributed by atoms with E-state index >= 15 is 0 Å². The van der Waals surface area contributed by atoms with Gasteiger partial charge in [0.05, 0.1) is 11.1 Å². The Kier molecular flexibility index (Phi) is 4.60. The molecule has 2 N–H and O–H groups in total. The average molecular weight is 364 g/mol. The molecule has 2 aromatic rings. The van der Waals surface area contributed by atoms with Crippen LogP contribution in [0.25, 0.3) is 11.1 Å². The van der Waals surface area contributed by atoms with Crippen LogP contribution in [-0.2, 0) is 9.59 Å². The second-order valence-electron chi connectivity index (χ2n) is 5.55. The third-order valence-corrected chi connectivity index (χ3v) is 3.92. The van der Waals surface area contributed by atoms with Gasteiger partial charge in [0.25, 0.3) is 11.8 Å². The molecule has 0 unspecified atom stereocenters. The standard InChI is InChI=1S/C18H12F4N2O2/c19-9-1-3-11(13(21)7-9)15-16(12-4-2-10(20)8-14(12)22)18(26)24(6-5-23)17(15)25/h1-4,7-8H,5-6,23H2. The van der Waals surface area contributed by atoms with Gasteiger partial charge >= 0.3 is 0 Å². The second-order valence-corrected chi connectivity index (χ2v) is 5.55. The fourth-order valence-corrected chi connectivity index (χ4v) is 2.79. The Morgan fingerprint density at radius 3 is 1.54 bits per heavy atom. The minimum Gasteiger partial charge on any atom is -0.329 e. The van der Waals surface area contributed by atoms with E-state index in [2.05, 4.69) is 0 Å². The lowest BCUT2D eigenvalue weighted by molar-refractivity contribution is -0.135. The van der Waals surface area contributed by atoms with Gasteiger partial charge in [0.15, 0.2) is 0 Å². The molecule has 8 heteroatoms. The van der Waals surface area contributed by atoms with Crippen LogP contribution in [0.5, 0.6) is 0 Å². The van der Waals surface area contributed by atoms with Gasteiger partial charge in [-0.2, -0.15) is 0 Å². The zero-order chi connectivity index (χ0) is 19.0. The first kappa shape index (κ1) is 17.8. The van der Waals surface area contributed by atoms with E-state index in [9.17, 15) is 27.2 Å². The van der Waals surface area contributed by atoms with E-state index in [1.54, 1.807) is 0 Å². The molecule has 0 fully saturated rings. The Balaban J connectivity index is 2.29. The molecule has 134 valence electrons. The minimum atomic E-state index is -1.09. The predicted octanol–water partition coefficient (Wildman–Crippen LogP) is 2.48. The molecule has 0 bridgehead atoms. The summed E-state index contributed by atoms with van der Waals surface area (Å²) < 4.78 is 54.9. The lowest BCUT2D eigenvalue weighted by atomic mass is 9.95. The van der Waals surface area contributed by atoms with Crippen LogP contribution >= 0.6 is 0 Å². The Morgan fingerprint density at radius 2 is 1.19 bits per heavy atom. The Morgan fingerprint density at radius 1 is 0.769 bits per heavy atom. The molecular weight excluding hydrogens is 352 g/mol. The average Bonchev–Trinajstić information content (AvgIpc) is 2.80. The summed E-state index contributed by atoms with van der Waals surface area (Å²) in [5.74, 6) is -5.70. The Labute approximate surface area is 145 Å². The molecule has 1 heterocycles. The molecule has 0 aromatic heterocycles. The summed E-state index contributed by atoms with van der Waals surface area (Å²) in [5.41, 5.74) is 3.82. The van der Waals surface area contributed by atoms with Gasteiger partial charge in [-0.1, -0.05) is 0 Å². The number of carbonyl (C=O) groups excluding carboxylic acids is 2. The van der Waals surface area contributed by atoms with Gasteiger partial charge in [-0.3, -0.25) is 14.5 Å². The monoisotopic (exact) mass is 364 g/mol. The van der Waals surface area contributed by atoms with E-state index in [0.717, 1.165) is 29.2 Å². The molecule has 1 aliphatic heterocycles. The SMILES string of the molecule is NCCN1C(=O)C(c2ccc(F)cc2F)=C(c2ccc(F)cc2F)C1=O. The first-order valence-electron chi connectivity index (χ1n) is 7.56. The fraction of sp³-hybridized carbons (Fsp3) is 0.111. The van der Waals surface area contributed by atoms with Crippen molar-refractivity contribution in [2.45, 2.75) is 0 Å². The van der Waals surface area contributed by atoms with Crippen molar-refractivity contribution in [2.24, 2.45) is 5.73 Å². The quantitative estimate of drug-likeness (QED) is 0.670. The molecule has 3 rings (SSSR count). The highest BCUT2D eigenvalue weighted by atomic mass is 19.1. The molecule has 2 amide bonds. The summed E-state index contributed by atoms with van der Waals surface area (Å²) >= 11 is 0. The van der Waals surface area contributed by atoms with E-state index in [1.807, 2.05) is 0 Å². The summed E-state index contributed by atoms with van der Waals surface area (Å²) in [6.07, 6.45) is 0. The predicted molar refractivity (Wildman–Crippen MR) is 85.3 cm³/mol. The number of hydrogen-bond acceptors (Lipinski definition) is 3. The molecule has 0 spiro atoms. The summed E-state index contributed by atoms with van der Waals surface area (Å²) in [6.45, 7) is -0.230. The number of imide groups is 1. The highest BCUT2D eigenvalue weighted by molar-refractivity contribution is 6.49. The maximum atomic E-state index is 14.2. The normalized spacial score (nSPS) is 14.6. The topological polar surface area (TPSA) is 63.4 Å². The van der Waals surface area contributed by atoms with Crippen molar-refractivity contribution >= 4 is 23.0 Å². The molecule has 0 aliphatic carbocycles. The summed E-state index contributed by atoms with van der Waals surface area (Å²) in [4.78, 5) is 26.0. The van der Waals surface area contributed by atoms with Gasteiger partial charge < -0.3 is 5.73 Å². The largest absolute Gasteiger partial charge is 0.329 e. The first-order valence-corrected chi connectivity index (χ1v) is 7.56. The van der Waals surface area contributed by atoms with Gasteiger partial charge in [-0.25, -0.2) is 17.6 Å². The van der Waals surface area contributed by atoms with E-state index in [-0.39, 0.29) is 24.2 Å². The number of halogens is 4. The highest BCUT2D eigenvalue weighted by Gasteiger charge is 2.41. The van der Waals surface area contributed by atoms with Gasteiger partial charge in [0.1, 0.15) is 23.3 Å². The number of benzene rings is 2. The Hall–Kier alpha value is -3.00. The van der Waals surface area contributed by atoms with Crippen molar-refractivity contribution in [3.8, 4) is 0 Å². The van der Waals surface area contributed by atoms with Crippen molar-refractivity contribution in [1.29, 1.82) is 0 Å². The van der Waals surface area contributed by atoms with E-state index in [1.165, 1.54) is 0 Å². The lowest BCUT2D eigenvalue weighted by Crippen LogP contribution is -2.35. The molecule has 0 radical (unpaired) electrons. The van der Waals surface area contributed by atoms with Crippen LogP contribution < -0.4 is 5.73 Å². The van der Waals surface area contributed by atoms with Crippen LogP contribution in [-0.4, -0.2) is 29.8 Å². The summed E-state index contributed by atoms with van der Waals surface area (Å²) in [6, 6.07) is 4.88. The van der Waals surface area contributed by atoms with Crippen LogP contribution in [0.4, 0.5) is 17.6 Å². The van der Waals surface area contributed by atoms with Gasteiger partial charge in [0.2, 0.25) is 0 Å². The zero-order valence-corrected chi connectivity index (χ0v) is 13.2. The van der Waals surface area contributed by atoms with Crippen LogP contribution in [0.15, 0.2) is 36.4 Å². The molecule has 0 saturated heterocycles. The van der Waals surface area contributed by atoms with Crippen molar-refractivity contribution < 1.29 is 27.2 Å². The Bertz CT molecular complexity index is 883. The number of amides is 2. The second kappa shape index (κ2) is 6.72. The summed E-state index contributed by atoms with van der Waals surface area (Å²) in [5, 5.41) is 0. The number of carbonyl (C=O) groups is 2. The van der Waals surface area contributed by atoms with Crippen LogP contribution in [0, 0.1) is 23.3 Å². The van der Waals surface area contributed by atoms with Crippen molar-refractivity contribution in [2.75, 3.05) is 13.1 Å². The van der Waals surface area contributed by atoms with Crippen molar-refractivity contribution in [3.05, 3.63) is 70.8 Å². The van der Waals surface area contributed by atoms with Gasteiger partial charge in [-0.15, -0.1) is 0 Å². The molecule has 0 saturated carbocycles. The summed E-state index contributed by atoms with van der Waals surface area (Å²) in [7, 11) is 0. The first-order chi connectivity index (χ1) is 12.3. The van der Waals surface area contributed by atoms with Crippen molar-refractivity contribution in [1.82, 2.24) is 4.90 Å². The number of nitrogens with zero attached hydrogens (tertiary/aromatic N) is 1. The minimum absolute atomic E-state index is 0.0597. The van der Waals surface area contributed by atoms with E-state index < -0.39 is 46.2 Å². The number of hydrogen-bond donors (Lipinski definition) is 1. The van der Waals surface area contributed by atoms with Crippen LogP contribution in [0.3, 0.4) is 0 Å². The molecule has 2 aromatic carbocycles. The van der Waals surface area contributed by atoms with Gasteiger partial charge in [-0.05, 0) is 24.3 Å². The number of rotatable bonds is 4. The molecule has 4 nitrogen and oxygen atoms in total. The van der Waals surface area contributed by atoms with Crippen LogP contribution in [0.1, 0.15) is 11.1 Å². The molecule has 1 aliphatic rings. The third-order valence-electron chi connectivity index (χ3n) is 3.92. The molecular formula is C18H12F4N2O2. The maximum Gasteiger partial charge on any atom is 0.262 e. The number of nitrogens with two attached hydrogens (primary N) is 1. The van der Waals surface area contributed by atoms with Crippen molar-refractivity contribution in [3.63, 3.8) is 0 Å². The maximum absolute atomic E-state index is 14.2. The highest BCUT2D eigenvalue weighted by Crippen LogP contribution is 2.37. The lowest BCUT2D eigenvalue weighted by Gasteiger charge is -2.13. The fourth-order valence-electron chi connectivity index (χ4n) is 2.79. The van der Waals surface area contributed by atoms with Gasteiger partial charge in [0, 0.05) is 36.3 Å².